The van der Waals surface area contributed by atoms with Crippen LogP contribution >= 0.6 is 11.3 Å². The summed E-state index contributed by atoms with van der Waals surface area (Å²) >= 11 is 1.30. The fourth-order valence-corrected chi connectivity index (χ4v) is 5.49. The van der Waals surface area contributed by atoms with Crippen LogP contribution in [0.4, 0.5) is 0 Å². The van der Waals surface area contributed by atoms with Crippen LogP contribution in [0.2, 0.25) is 0 Å². The second-order valence-corrected chi connectivity index (χ2v) is 9.59. The van der Waals surface area contributed by atoms with Gasteiger partial charge < -0.3 is 10.2 Å². The third-order valence-electron chi connectivity index (χ3n) is 3.99. The summed E-state index contributed by atoms with van der Waals surface area (Å²) in [5, 5.41) is 2.93. The van der Waals surface area contributed by atoms with Crippen molar-refractivity contribution >= 4 is 27.3 Å². The van der Waals surface area contributed by atoms with Gasteiger partial charge in [0.1, 0.15) is 4.21 Å². The molecule has 1 aromatic heterocycles. The first-order chi connectivity index (χ1) is 10.8. The lowest BCUT2D eigenvalue weighted by molar-refractivity contribution is -0.126. The molecule has 0 aromatic carbocycles. The molecule has 0 unspecified atom stereocenters. The maximum absolute atomic E-state index is 12.6. The van der Waals surface area contributed by atoms with Crippen LogP contribution in [0.15, 0.2) is 16.3 Å². The predicted octanol–water partition coefficient (Wildman–Crippen LogP) is 1.14. The summed E-state index contributed by atoms with van der Waals surface area (Å²) in [5.41, 5.74) is 0. The Morgan fingerprint density at radius 3 is 2.52 bits per heavy atom. The zero-order chi connectivity index (χ0) is 17.0. The monoisotopic (exact) mass is 359 g/mol. The molecule has 1 saturated heterocycles. The number of hydrogen-bond acceptors (Lipinski definition) is 5. The van der Waals surface area contributed by atoms with Gasteiger partial charge in [-0.1, -0.05) is 0 Å². The summed E-state index contributed by atoms with van der Waals surface area (Å²) < 4.78 is 27.0. The molecule has 1 amide bonds. The molecule has 1 aliphatic rings. The number of nitrogens with zero attached hydrogens (tertiary/aromatic N) is 2. The Bertz CT molecular complexity index is 632. The van der Waals surface area contributed by atoms with Crippen molar-refractivity contribution in [3.8, 4) is 0 Å². The quantitative estimate of drug-likeness (QED) is 0.827. The molecule has 0 spiro atoms. The number of carbonyl (C=O) groups is 1. The van der Waals surface area contributed by atoms with Crippen molar-refractivity contribution in [2.75, 3.05) is 40.3 Å². The van der Waals surface area contributed by atoms with E-state index in [4.69, 9.17) is 0 Å². The van der Waals surface area contributed by atoms with Gasteiger partial charge in [-0.25, -0.2) is 8.42 Å². The number of sulfonamides is 1. The van der Waals surface area contributed by atoms with Crippen molar-refractivity contribution in [2.45, 2.75) is 24.0 Å². The molecule has 23 heavy (non-hydrogen) atoms. The van der Waals surface area contributed by atoms with Crippen LogP contribution in [-0.4, -0.2) is 63.8 Å². The molecule has 2 rings (SSSR count). The van der Waals surface area contributed by atoms with Crippen molar-refractivity contribution in [2.24, 2.45) is 5.92 Å². The fourth-order valence-electron chi connectivity index (χ4n) is 2.58. The molecule has 1 aliphatic heterocycles. The summed E-state index contributed by atoms with van der Waals surface area (Å²) in [5.74, 6) is -0.0513. The molecule has 0 atom stereocenters. The minimum absolute atomic E-state index is 0.0378. The standard InChI is InChI=1S/C15H25N3O3S2/c1-12-4-5-14(22-12)23(20,21)18-9-6-13(7-10-18)15(19)16-8-11-17(2)3/h4-5,13H,6-11H2,1-3H3,(H,16,19). The molecule has 0 bridgehead atoms. The van der Waals surface area contributed by atoms with Crippen LogP contribution in [0.25, 0.3) is 0 Å². The van der Waals surface area contributed by atoms with Crippen molar-refractivity contribution in [1.29, 1.82) is 0 Å². The molecule has 1 aromatic rings. The maximum Gasteiger partial charge on any atom is 0.252 e. The van der Waals surface area contributed by atoms with Crippen LogP contribution in [0, 0.1) is 12.8 Å². The van der Waals surface area contributed by atoms with E-state index in [-0.39, 0.29) is 11.8 Å². The Balaban J connectivity index is 1.87. The molecule has 0 saturated carbocycles. The third kappa shape index (κ3) is 4.76. The van der Waals surface area contributed by atoms with Gasteiger partial charge in [0, 0.05) is 37.0 Å². The highest BCUT2D eigenvalue weighted by Crippen LogP contribution is 2.28. The number of thiophene rings is 1. The Hall–Kier alpha value is -0.960. The second-order valence-electron chi connectivity index (χ2n) is 6.14. The highest BCUT2D eigenvalue weighted by Gasteiger charge is 2.32. The molecule has 2 heterocycles. The van der Waals surface area contributed by atoms with Gasteiger partial charge in [-0.3, -0.25) is 4.79 Å². The van der Waals surface area contributed by atoms with E-state index in [1.165, 1.54) is 15.6 Å². The summed E-state index contributed by atoms with van der Waals surface area (Å²) in [6, 6.07) is 3.48. The number of likely N-dealkylation sites (N-methyl/N-ethyl adjacent to an activating group) is 1. The van der Waals surface area contributed by atoms with Gasteiger partial charge in [0.15, 0.2) is 0 Å². The van der Waals surface area contributed by atoms with Crippen LogP contribution < -0.4 is 5.32 Å². The molecule has 1 N–H and O–H groups in total. The smallest absolute Gasteiger partial charge is 0.252 e. The molecule has 130 valence electrons. The van der Waals surface area contributed by atoms with Gasteiger partial charge >= 0.3 is 0 Å². The van der Waals surface area contributed by atoms with E-state index in [1.807, 2.05) is 32.0 Å². The zero-order valence-electron chi connectivity index (χ0n) is 13.9. The lowest BCUT2D eigenvalue weighted by atomic mass is 9.97. The molecular weight excluding hydrogens is 334 g/mol. The SMILES string of the molecule is Cc1ccc(S(=O)(=O)N2CCC(C(=O)NCCN(C)C)CC2)s1. The zero-order valence-corrected chi connectivity index (χ0v) is 15.5. The molecule has 1 fully saturated rings. The topological polar surface area (TPSA) is 69.7 Å². The first-order valence-corrected chi connectivity index (χ1v) is 10.1. The summed E-state index contributed by atoms with van der Waals surface area (Å²) in [7, 11) is 0.515. The lowest BCUT2D eigenvalue weighted by Gasteiger charge is -2.30. The van der Waals surface area contributed by atoms with Crippen LogP contribution in [0.3, 0.4) is 0 Å². The van der Waals surface area contributed by atoms with Gasteiger partial charge in [-0.15, -0.1) is 11.3 Å². The molecule has 8 heteroatoms. The summed E-state index contributed by atoms with van der Waals surface area (Å²) in [6.45, 7) is 4.14. The lowest BCUT2D eigenvalue weighted by Crippen LogP contribution is -2.43. The molecular formula is C15H25N3O3S2. The largest absolute Gasteiger partial charge is 0.355 e. The van der Waals surface area contributed by atoms with E-state index in [2.05, 4.69) is 5.32 Å². The van der Waals surface area contributed by atoms with E-state index in [0.717, 1.165) is 11.4 Å². The number of carbonyl (C=O) groups excluding carboxylic acids is 1. The second kappa shape index (κ2) is 7.74. The molecule has 0 radical (unpaired) electrons. The van der Waals surface area contributed by atoms with Crippen molar-refractivity contribution in [1.82, 2.24) is 14.5 Å². The average molecular weight is 360 g/mol. The minimum atomic E-state index is -3.41. The van der Waals surface area contributed by atoms with Gasteiger partial charge in [-0.05, 0) is 46.0 Å². The van der Waals surface area contributed by atoms with E-state index >= 15 is 0 Å². The van der Waals surface area contributed by atoms with Crippen LogP contribution in [0.1, 0.15) is 17.7 Å². The average Bonchev–Trinajstić information content (AvgIpc) is 2.94. The number of rotatable bonds is 6. The Labute approximate surface area is 142 Å². The first kappa shape index (κ1) is 18.4. The predicted molar refractivity (Wildman–Crippen MR) is 92.1 cm³/mol. The minimum Gasteiger partial charge on any atom is -0.355 e. The van der Waals surface area contributed by atoms with E-state index in [9.17, 15) is 13.2 Å². The van der Waals surface area contributed by atoms with E-state index in [0.29, 0.717) is 36.7 Å². The van der Waals surface area contributed by atoms with Crippen molar-refractivity contribution in [3.63, 3.8) is 0 Å². The van der Waals surface area contributed by atoms with E-state index < -0.39 is 10.0 Å². The highest BCUT2D eigenvalue weighted by atomic mass is 32.2. The maximum atomic E-state index is 12.6. The molecule has 0 aliphatic carbocycles. The normalized spacial score (nSPS) is 17.6. The van der Waals surface area contributed by atoms with Crippen LogP contribution in [0.5, 0.6) is 0 Å². The van der Waals surface area contributed by atoms with Crippen molar-refractivity contribution < 1.29 is 13.2 Å². The van der Waals surface area contributed by atoms with Crippen molar-refractivity contribution in [3.05, 3.63) is 17.0 Å². The first-order valence-electron chi connectivity index (χ1n) is 7.79. The number of aryl methyl sites for hydroxylation is 1. The number of amides is 1. The Kier molecular flexibility index (Phi) is 6.19. The van der Waals surface area contributed by atoms with Gasteiger partial charge in [0.05, 0.1) is 0 Å². The third-order valence-corrected chi connectivity index (χ3v) is 7.36. The summed E-state index contributed by atoms with van der Waals surface area (Å²) in [4.78, 5) is 15.1. The molecule has 6 nitrogen and oxygen atoms in total. The number of nitrogens with one attached hydrogen (secondary N) is 1. The van der Waals surface area contributed by atoms with Crippen LogP contribution in [-0.2, 0) is 14.8 Å². The van der Waals surface area contributed by atoms with Gasteiger partial charge in [0.25, 0.3) is 10.0 Å². The van der Waals surface area contributed by atoms with Gasteiger partial charge in [-0.2, -0.15) is 4.31 Å². The number of piperidine rings is 1. The summed E-state index contributed by atoms with van der Waals surface area (Å²) in [6.07, 6.45) is 1.16. The van der Waals surface area contributed by atoms with Gasteiger partial charge in [0.2, 0.25) is 5.91 Å². The fraction of sp³-hybridized carbons (Fsp3) is 0.667. The number of hydrogen-bond donors (Lipinski definition) is 1. The highest BCUT2D eigenvalue weighted by molar-refractivity contribution is 7.91. The Morgan fingerprint density at radius 1 is 1.35 bits per heavy atom. The van der Waals surface area contributed by atoms with E-state index in [1.54, 1.807) is 6.07 Å². The Morgan fingerprint density at radius 2 is 2.00 bits per heavy atom.